The van der Waals surface area contributed by atoms with E-state index in [0.717, 1.165) is 45.6 Å². The summed E-state index contributed by atoms with van der Waals surface area (Å²) >= 11 is 0. The van der Waals surface area contributed by atoms with E-state index in [1.165, 1.54) is 22.4 Å². The molecular weight excluding hydrogens is 394 g/mol. The minimum atomic E-state index is 0.248. The number of anilines is 1. The second-order valence-electron chi connectivity index (χ2n) is 9.95. The number of carbonyl (C=O) groups excluding carboxylic acids is 1. The number of hydrogen-bond acceptors (Lipinski definition) is 3. The molecule has 4 nitrogen and oxygen atoms in total. The zero-order valence-electron chi connectivity index (χ0n) is 20.3. The zero-order valence-corrected chi connectivity index (χ0v) is 20.3. The molecule has 0 bridgehead atoms. The lowest BCUT2D eigenvalue weighted by Gasteiger charge is -2.34. The fraction of sp³-hybridized carbons (Fsp3) is 0.536. The van der Waals surface area contributed by atoms with Crippen LogP contribution >= 0.6 is 0 Å². The van der Waals surface area contributed by atoms with Crippen molar-refractivity contribution in [3.8, 4) is 0 Å². The Morgan fingerprint density at radius 3 is 2.44 bits per heavy atom. The minimum Gasteiger partial charge on any atom is -0.369 e. The first-order chi connectivity index (χ1) is 15.4. The molecule has 1 aliphatic carbocycles. The molecule has 0 radical (unpaired) electrons. The van der Waals surface area contributed by atoms with Crippen LogP contribution in [-0.4, -0.2) is 62.5 Å². The molecule has 2 unspecified atom stereocenters. The fourth-order valence-corrected chi connectivity index (χ4v) is 5.43. The first-order valence-electron chi connectivity index (χ1n) is 12.3. The largest absolute Gasteiger partial charge is 0.369 e. The van der Waals surface area contributed by atoms with Crippen LogP contribution in [0.15, 0.2) is 48.5 Å². The number of nitrogens with zero attached hydrogens (tertiary/aromatic N) is 3. The molecule has 172 valence electrons. The monoisotopic (exact) mass is 433 g/mol. The van der Waals surface area contributed by atoms with Crippen LogP contribution in [0.1, 0.15) is 55.2 Å². The number of amides is 1. The molecule has 0 saturated carbocycles. The Morgan fingerprint density at radius 1 is 1.00 bits per heavy atom. The van der Waals surface area contributed by atoms with Crippen LogP contribution in [0, 0.1) is 5.92 Å². The average molecular weight is 434 g/mol. The summed E-state index contributed by atoms with van der Waals surface area (Å²) in [7, 11) is 4.17. The number of hydrogen-bond donors (Lipinski definition) is 0. The molecule has 4 rings (SSSR count). The number of fused-ring (bicyclic) bond motifs is 1. The Labute approximate surface area is 194 Å². The third-order valence-corrected chi connectivity index (χ3v) is 7.92. The summed E-state index contributed by atoms with van der Waals surface area (Å²) in [5.74, 6) is 1.96. The van der Waals surface area contributed by atoms with E-state index in [4.69, 9.17) is 0 Å². The quantitative estimate of drug-likeness (QED) is 0.630. The van der Waals surface area contributed by atoms with Gasteiger partial charge in [0, 0.05) is 51.9 Å². The maximum absolute atomic E-state index is 12.7. The molecule has 4 heteroatoms. The lowest BCUT2D eigenvalue weighted by molar-refractivity contribution is -0.130. The molecule has 0 spiro atoms. The average Bonchev–Trinajstić information content (AvgIpc) is 3.06. The summed E-state index contributed by atoms with van der Waals surface area (Å²) in [6.07, 6.45) is 2.45. The van der Waals surface area contributed by atoms with Crippen molar-refractivity contribution in [2.45, 2.75) is 44.9 Å². The lowest BCUT2D eigenvalue weighted by atomic mass is 9.87. The summed E-state index contributed by atoms with van der Waals surface area (Å²) in [6.45, 7) is 10.1. The first-order valence-corrected chi connectivity index (χ1v) is 12.3. The van der Waals surface area contributed by atoms with Gasteiger partial charge in [-0.1, -0.05) is 50.2 Å². The van der Waals surface area contributed by atoms with Gasteiger partial charge in [-0.05, 0) is 66.5 Å². The van der Waals surface area contributed by atoms with E-state index in [1.807, 2.05) is 30.1 Å². The van der Waals surface area contributed by atoms with Crippen LogP contribution < -0.4 is 4.90 Å². The Kier molecular flexibility index (Phi) is 7.20. The van der Waals surface area contributed by atoms with Gasteiger partial charge in [-0.15, -0.1) is 0 Å². The molecule has 2 aliphatic rings. The van der Waals surface area contributed by atoms with Gasteiger partial charge >= 0.3 is 0 Å². The topological polar surface area (TPSA) is 26.8 Å². The Morgan fingerprint density at radius 2 is 1.72 bits per heavy atom. The van der Waals surface area contributed by atoms with Gasteiger partial charge in [0.05, 0.1) is 0 Å². The highest BCUT2D eigenvalue weighted by Gasteiger charge is 2.35. The second kappa shape index (κ2) is 10.1. The molecular formula is C28H39N3O. The van der Waals surface area contributed by atoms with Crippen molar-refractivity contribution in [2.75, 3.05) is 51.7 Å². The summed E-state index contributed by atoms with van der Waals surface area (Å²) in [6, 6.07) is 17.5. The molecule has 1 saturated heterocycles. The van der Waals surface area contributed by atoms with Crippen molar-refractivity contribution in [2.24, 2.45) is 5.92 Å². The predicted octanol–water partition coefficient (Wildman–Crippen LogP) is 4.76. The lowest BCUT2D eigenvalue weighted by Crippen LogP contribution is -2.44. The summed E-state index contributed by atoms with van der Waals surface area (Å²) in [5, 5.41) is 0. The van der Waals surface area contributed by atoms with Gasteiger partial charge in [0.15, 0.2) is 0 Å². The second-order valence-corrected chi connectivity index (χ2v) is 9.95. The van der Waals surface area contributed by atoms with Crippen LogP contribution in [-0.2, 0) is 11.2 Å². The highest BCUT2D eigenvalue weighted by molar-refractivity contribution is 5.76. The van der Waals surface area contributed by atoms with Gasteiger partial charge < -0.3 is 14.7 Å². The van der Waals surface area contributed by atoms with E-state index in [0.29, 0.717) is 24.2 Å². The van der Waals surface area contributed by atoms with Crippen molar-refractivity contribution in [3.63, 3.8) is 0 Å². The van der Waals surface area contributed by atoms with Crippen molar-refractivity contribution in [1.29, 1.82) is 0 Å². The van der Waals surface area contributed by atoms with Gasteiger partial charge in [0.1, 0.15) is 0 Å². The number of aryl methyl sites for hydroxylation is 1. The number of likely N-dealkylation sites (N-methyl/N-ethyl adjacent to an activating group) is 1. The van der Waals surface area contributed by atoms with Gasteiger partial charge in [-0.25, -0.2) is 0 Å². The van der Waals surface area contributed by atoms with Gasteiger partial charge in [-0.2, -0.15) is 0 Å². The maximum Gasteiger partial charge on any atom is 0.222 e. The van der Waals surface area contributed by atoms with Crippen molar-refractivity contribution in [1.82, 2.24) is 9.80 Å². The Bertz CT molecular complexity index is 904. The first kappa shape index (κ1) is 22.8. The minimum absolute atomic E-state index is 0.248. The molecule has 2 aromatic rings. The van der Waals surface area contributed by atoms with Crippen LogP contribution in [0.25, 0.3) is 0 Å². The third kappa shape index (κ3) is 5.01. The highest BCUT2D eigenvalue weighted by Crippen LogP contribution is 2.48. The van der Waals surface area contributed by atoms with E-state index in [9.17, 15) is 4.79 Å². The molecule has 32 heavy (non-hydrogen) atoms. The molecule has 0 aromatic heterocycles. The van der Waals surface area contributed by atoms with Crippen molar-refractivity contribution in [3.05, 3.63) is 65.2 Å². The van der Waals surface area contributed by atoms with Crippen LogP contribution in [0.2, 0.25) is 0 Å². The van der Waals surface area contributed by atoms with Gasteiger partial charge in [0.2, 0.25) is 5.91 Å². The summed E-state index contributed by atoms with van der Waals surface area (Å²) in [5.41, 5.74) is 5.65. The number of benzene rings is 2. The Hall–Kier alpha value is -2.33. The molecule has 3 atom stereocenters. The van der Waals surface area contributed by atoms with Crippen LogP contribution in [0.3, 0.4) is 0 Å². The SMILES string of the molecule is CC1c2cc(N3CCN(C)CC3)ccc2[C@H](CCN(C)C(=O)CCc2ccccc2)C1C. The van der Waals surface area contributed by atoms with E-state index < -0.39 is 0 Å². The predicted molar refractivity (Wildman–Crippen MR) is 133 cm³/mol. The number of piperazine rings is 1. The van der Waals surface area contributed by atoms with E-state index in [1.54, 1.807) is 0 Å². The number of carbonyl (C=O) groups is 1. The van der Waals surface area contributed by atoms with Crippen LogP contribution in [0.4, 0.5) is 5.69 Å². The highest BCUT2D eigenvalue weighted by atomic mass is 16.2. The summed E-state index contributed by atoms with van der Waals surface area (Å²) in [4.78, 5) is 19.6. The third-order valence-electron chi connectivity index (χ3n) is 7.92. The van der Waals surface area contributed by atoms with E-state index in [2.05, 4.69) is 61.0 Å². The fourth-order valence-electron chi connectivity index (χ4n) is 5.43. The van der Waals surface area contributed by atoms with Gasteiger partial charge in [-0.3, -0.25) is 4.79 Å². The molecule has 0 N–H and O–H groups in total. The molecule has 2 aromatic carbocycles. The van der Waals surface area contributed by atoms with Crippen molar-refractivity contribution < 1.29 is 4.79 Å². The zero-order chi connectivity index (χ0) is 22.7. The maximum atomic E-state index is 12.7. The van der Waals surface area contributed by atoms with E-state index in [-0.39, 0.29) is 5.91 Å². The Balaban J connectivity index is 1.36. The van der Waals surface area contributed by atoms with Gasteiger partial charge in [0.25, 0.3) is 0 Å². The standard InChI is InChI=1S/C28H39N3O/c1-21-22(2)27-20-24(31-18-16-29(3)17-19-31)11-12-26(27)25(21)14-15-30(4)28(32)13-10-23-8-6-5-7-9-23/h5-9,11-12,20-22,25H,10,13-19H2,1-4H3/t21?,22?,25-/m1/s1. The molecule has 1 fully saturated rings. The normalized spacial score (nSPS) is 23.2. The van der Waals surface area contributed by atoms with Crippen LogP contribution in [0.5, 0.6) is 0 Å². The molecule has 1 amide bonds. The molecule has 1 aliphatic heterocycles. The number of rotatable bonds is 7. The summed E-state index contributed by atoms with van der Waals surface area (Å²) < 4.78 is 0. The smallest absolute Gasteiger partial charge is 0.222 e. The van der Waals surface area contributed by atoms with Crippen molar-refractivity contribution >= 4 is 11.6 Å². The van der Waals surface area contributed by atoms with E-state index >= 15 is 0 Å². The molecule has 1 heterocycles.